The molecule has 8 heteroatoms. The summed E-state index contributed by atoms with van der Waals surface area (Å²) in [5.41, 5.74) is 1.64. The van der Waals surface area contributed by atoms with E-state index >= 15 is 0 Å². The van der Waals surface area contributed by atoms with E-state index < -0.39 is 12.8 Å². The minimum atomic E-state index is -4.51. The van der Waals surface area contributed by atoms with E-state index in [1.807, 2.05) is 18.2 Å². The number of amides is 1. The van der Waals surface area contributed by atoms with E-state index in [0.29, 0.717) is 5.52 Å². The first-order chi connectivity index (χ1) is 13.4. The molecule has 3 rings (SSSR count). The molecule has 3 aromatic rings. The SMILES string of the molecule is N#Cc1cc(NC(=O)Cc2cccc3cccnc23)ccc1OCC(F)(F)F. The van der Waals surface area contributed by atoms with Gasteiger partial charge in [-0.2, -0.15) is 18.4 Å². The van der Waals surface area contributed by atoms with Crippen LogP contribution in [0.2, 0.25) is 0 Å². The molecule has 142 valence electrons. The quantitative estimate of drug-likeness (QED) is 0.713. The van der Waals surface area contributed by atoms with Crippen molar-refractivity contribution in [2.75, 3.05) is 11.9 Å². The third-order valence-electron chi connectivity index (χ3n) is 3.84. The minimum absolute atomic E-state index is 0.0581. The third-order valence-corrected chi connectivity index (χ3v) is 3.84. The summed E-state index contributed by atoms with van der Waals surface area (Å²) in [6.45, 7) is -1.50. The average molecular weight is 385 g/mol. The van der Waals surface area contributed by atoms with Gasteiger partial charge in [-0.05, 0) is 29.8 Å². The van der Waals surface area contributed by atoms with Crippen LogP contribution in [0.25, 0.3) is 10.9 Å². The summed E-state index contributed by atoms with van der Waals surface area (Å²) in [7, 11) is 0. The van der Waals surface area contributed by atoms with E-state index in [4.69, 9.17) is 5.26 Å². The summed E-state index contributed by atoms with van der Waals surface area (Å²) in [6.07, 6.45) is -2.81. The summed E-state index contributed by atoms with van der Waals surface area (Å²) in [4.78, 5) is 16.7. The number of alkyl halides is 3. The Morgan fingerprint density at radius 3 is 2.71 bits per heavy atom. The molecule has 0 bridgehead atoms. The molecule has 0 radical (unpaired) electrons. The van der Waals surface area contributed by atoms with Crippen LogP contribution in [0.15, 0.2) is 54.7 Å². The zero-order chi connectivity index (χ0) is 20.1. The zero-order valence-corrected chi connectivity index (χ0v) is 14.5. The number of ether oxygens (including phenoxy) is 1. The number of hydrogen-bond donors (Lipinski definition) is 1. The van der Waals surface area contributed by atoms with Crippen LogP contribution in [0.5, 0.6) is 5.75 Å². The topological polar surface area (TPSA) is 75.0 Å². The molecule has 0 aliphatic rings. The van der Waals surface area contributed by atoms with Crippen LogP contribution < -0.4 is 10.1 Å². The Kier molecular flexibility index (Phi) is 5.45. The molecular weight excluding hydrogens is 371 g/mol. The Morgan fingerprint density at radius 2 is 1.96 bits per heavy atom. The molecule has 1 amide bonds. The molecule has 2 aromatic carbocycles. The number of pyridine rings is 1. The normalized spacial score (nSPS) is 11.1. The second kappa shape index (κ2) is 7.96. The lowest BCUT2D eigenvalue weighted by atomic mass is 10.1. The maximum atomic E-state index is 12.4. The first-order valence-corrected chi connectivity index (χ1v) is 8.22. The predicted octanol–water partition coefficient (Wildman–Crippen LogP) is 4.23. The summed E-state index contributed by atoms with van der Waals surface area (Å²) in [5.74, 6) is -0.540. The number of aromatic nitrogens is 1. The van der Waals surface area contributed by atoms with Gasteiger partial charge < -0.3 is 10.1 Å². The van der Waals surface area contributed by atoms with Crippen LogP contribution in [-0.2, 0) is 11.2 Å². The molecule has 0 aliphatic heterocycles. The number of carbonyl (C=O) groups excluding carboxylic acids is 1. The Morgan fingerprint density at radius 1 is 1.18 bits per heavy atom. The number of halogens is 3. The van der Waals surface area contributed by atoms with Gasteiger partial charge in [0.15, 0.2) is 6.61 Å². The number of nitrogens with zero attached hydrogens (tertiary/aromatic N) is 2. The molecule has 0 spiro atoms. The minimum Gasteiger partial charge on any atom is -0.483 e. The second-order valence-corrected chi connectivity index (χ2v) is 5.94. The summed E-state index contributed by atoms with van der Waals surface area (Å²) in [6, 6.07) is 14.8. The second-order valence-electron chi connectivity index (χ2n) is 5.94. The molecule has 0 saturated carbocycles. The first-order valence-electron chi connectivity index (χ1n) is 8.22. The van der Waals surface area contributed by atoms with Crippen molar-refractivity contribution in [2.45, 2.75) is 12.6 Å². The van der Waals surface area contributed by atoms with Gasteiger partial charge in [0.25, 0.3) is 0 Å². The highest BCUT2D eigenvalue weighted by Crippen LogP contribution is 2.25. The largest absolute Gasteiger partial charge is 0.483 e. The smallest absolute Gasteiger partial charge is 0.422 e. The number of carbonyl (C=O) groups is 1. The number of nitriles is 1. The lowest BCUT2D eigenvalue weighted by molar-refractivity contribution is -0.153. The van der Waals surface area contributed by atoms with Crippen molar-refractivity contribution in [3.05, 3.63) is 65.9 Å². The van der Waals surface area contributed by atoms with Gasteiger partial charge in [-0.3, -0.25) is 9.78 Å². The van der Waals surface area contributed by atoms with Crippen molar-refractivity contribution < 1.29 is 22.7 Å². The van der Waals surface area contributed by atoms with Crippen LogP contribution in [-0.4, -0.2) is 23.7 Å². The monoisotopic (exact) mass is 385 g/mol. The van der Waals surface area contributed by atoms with Gasteiger partial charge in [-0.1, -0.05) is 24.3 Å². The van der Waals surface area contributed by atoms with Crippen LogP contribution >= 0.6 is 0 Å². The first kappa shape index (κ1) is 19.2. The van der Waals surface area contributed by atoms with Crippen LogP contribution in [0, 0.1) is 11.3 Å². The van der Waals surface area contributed by atoms with E-state index in [9.17, 15) is 18.0 Å². The number of para-hydroxylation sites is 1. The number of hydrogen-bond acceptors (Lipinski definition) is 4. The van der Waals surface area contributed by atoms with E-state index in [1.165, 1.54) is 18.2 Å². The summed E-state index contributed by atoms with van der Waals surface area (Å²) in [5, 5.41) is 12.7. The van der Waals surface area contributed by atoms with E-state index in [2.05, 4.69) is 15.0 Å². The van der Waals surface area contributed by atoms with Gasteiger partial charge in [-0.25, -0.2) is 0 Å². The van der Waals surface area contributed by atoms with Crippen molar-refractivity contribution >= 4 is 22.5 Å². The number of rotatable bonds is 5. The fourth-order valence-electron chi connectivity index (χ4n) is 2.67. The molecule has 1 heterocycles. The van der Waals surface area contributed by atoms with Crippen molar-refractivity contribution in [3.63, 3.8) is 0 Å². The maximum Gasteiger partial charge on any atom is 0.422 e. The van der Waals surface area contributed by atoms with E-state index in [0.717, 1.165) is 10.9 Å². The molecule has 28 heavy (non-hydrogen) atoms. The highest BCUT2D eigenvalue weighted by Gasteiger charge is 2.28. The molecule has 1 aromatic heterocycles. The molecule has 0 saturated heterocycles. The van der Waals surface area contributed by atoms with Crippen molar-refractivity contribution in [1.82, 2.24) is 4.98 Å². The third kappa shape index (κ3) is 4.76. The van der Waals surface area contributed by atoms with Crippen LogP contribution in [0.3, 0.4) is 0 Å². The van der Waals surface area contributed by atoms with Gasteiger partial charge in [0, 0.05) is 17.3 Å². The number of anilines is 1. The van der Waals surface area contributed by atoms with E-state index in [-0.39, 0.29) is 29.3 Å². The molecule has 0 fully saturated rings. The Labute approximate surface area is 158 Å². The lowest BCUT2D eigenvalue weighted by Crippen LogP contribution is -2.19. The lowest BCUT2D eigenvalue weighted by Gasteiger charge is -2.12. The van der Waals surface area contributed by atoms with Crippen LogP contribution in [0.1, 0.15) is 11.1 Å². The number of benzene rings is 2. The van der Waals surface area contributed by atoms with Crippen molar-refractivity contribution in [1.29, 1.82) is 5.26 Å². The van der Waals surface area contributed by atoms with Crippen LogP contribution in [0.4, 0.5) is 18.9 Å². The molecule has 1 N–H and O–H groups in total. The fourth-order valence-corrected chi connectivity index (χ4v) is 2.67. The van der Waals surface area contributed by atoms with Crippen molar-refractivity contribution in [3.8, 4) is 11.8 Å². The van der Waals surface area contributed by atoms with Gasteiger partial charge in [0.2, 0.25) is 5.91 Å². The average Bonchev–Trinajstić information content (AvgIpc) is 2.66. The molecule has 0 aliphatic carbocycles. The molecule has 0 atom stereocenters. The Hall–Kier alpha value is -3.60. The fraction of sp³-hybridized carbons (Fsp3) is 0.150. The van der Waals surface area contributed by atoms with Crippen molar-refractivity contribution in [2.24, 2.45) is 0 Å². The van der Waals surface area contributed by atoms with E-state index in [1.54, 1.807) is 24.4 Å². The zero-order valence-electron chi connectivity index (χ0n) is 14.5. The highest BCUT2D eigenvalue weighted by atomic mass is 19.4. The molecule has 0 unspecified atom stereocenters. The van der Waals surface area contributed by atoms with Gasteiger partial charge in [-0.15, -0.1) is 0 Å². The Balaban J connectivity index is 1.72. The Bertz CT molecular complexity index is 1050. The van der Waals surface area contributed by atoms with Gasteiger partial charge in [0.05, 0.1) is 17.5 Å². The van der Waals surface area contributed by atoms with Gasteiger partial charge >= 0.3 is 6.18 Å². The molecular formula is C20H14F3N3O2. The molecule has 5 nitrogen and oxygen atoms in total. The standard InChI is InChI=1S/C20H14F3N3O2/c21-20(22,23)12-28-17-7-6-16(9-15(17)11-24)26-18(27)10-14-4-1-3-13-5-2-8-25-19(13)14/h1-9H,10,12H2,(H,26,27). The predicted molar refractivity (Wildman–Crippen MR) is 96.8 cm³/mol. The highest BCUT2D eigenvalue weighted by molar-refractivity contribution is 5.95. The number of nitrogens with one attached hydrogen (secondary N) is 1. The summed E-state index contributed by atoms with van der Waals surface area (Å²) < 4.78 is 41.5. The maximum absolute atomic E-state index is 12.4. The van der Waals surface area contributed by atoms with Gasteiger partial charge in [0.1, 0.15) is 11.8 Å². The number of fused-ring (bicyclic) bond motifs is 1. The summed E-state index contributed by atoms with van der Waals surface area (Å²) >= 11 is 0.